The molecule has 0 saturated heterocycles. The van der Waals surface area contributed by atoms with Gasteiger partial charge in [-0.05, 0) is 25.3 Å². The molecule has 0 unspecified atom stereocenters. The summed E-state index contributed by atoms with van der Waals surface area (Å²) in [5, 5.41) is 0. The van der Waals surface area contributed by atoms with Crippen molar-refractivity contribution in [2.24, 2.45) is 0 Å². The zero-order chi connectivity index (χ0) is 15.8. The van der Waals surface area contributed by atoms with E-state index in [9.17, 15) is 4.79 Å². The summed E-state index contributed by atoms with van der Waals surface area (Å²) in [5.74, 6) is 2.35. The maximum absolute atomic E-state index is 12.6. The minimum atomic E-state index is 0.303. The molecule has 0 N–H and O–H groups in total. The molecule has 1 aromatic rings. The van der Waals surface area contributed by atoms with Gasteiger partial charge in [0.05, 0.1) is 13.2 Å². The highest BCUT2D eigenvalue weighted by Crippen LogP contribution is 2.42. The fraction of sp³-hybridized carbons (Fsp3) is 0.632. The highest BCUT2D eigenvalue weighted by Gasteiger charge is 2.35. The van der Waals surface area contributed by atoms with E-state index in [-0.39, 0.29) is 0 Å². The van der Waals surface area contributed by atoms with Gasteiger partial charge in [0.15, 0.2) is 0 Å². The van der Waals surface area contributed by atoms with E-state index in [0.29, 0.717) is 24.9 Å². The number of unbranched alkanes of at least 4 members (excludes halogenated alkanes) is 1. The molecule has 3 aliphatic rings. The third-order valence-electron chi connectivity index (χ3n) is 5.14. The summed E-state index contributed by atoms with van der Waals surface area (Å²) < 4.78 is 11.7. The number of fused-ring (bicyclic) bond motifs is 2. The Morgan fingerprint density at radius 2 is 2.09 bits per heavy atom. The Morgan fingerprint density at radius 3 is 2.87 bits per heavy atom. The van der Waals surface area contributed by atoms with Crippen molar-refractivity contribution in [2.75, 3.05) is 13.2 Å². The van der Waals surface area contributed by atoms with Crippen LogP contribution in [0.2, 0.25) is 0 Å². The summed E-state index contributed by atoms with van der Waals surface area (Å²) in [6.07, 6.45) is 6.89. The Labute approximate surface area is 137 Å². The summed E-state index contributed by atoms with van der Waals surface area (Å²) in [4.78, 5) is 14.7. The summed E-state index contributed by atoms with van der Waals surface area (Å²) in [7, 11) is 0. The quantitative estimate of drug-likeness (QED) is 0.809. The van der Waals surface area contributed by atoms with E-state index >= 15 is 0 Å². The molecule has 4 heteroatoms. The Bertz CT molecular complexity index is 589. The van der Waals surface area contributed by atoms with Gasteiger partial charge >= 0.3 is 0 Å². The first-order valence-electron chi connectivity index (χ1n) is 9.00. The first-order chi connectivity index (χ1) is 11.3. The van der Waals surface area contributed by atoms with Crippen molar-refractivity contribution in [1.82, 2.24) is 4.90 Å². The lowest BCUT2D eigenvalue weighted by Crippen LogP contribution is -2.32. The first kappa shape index (κ1) is 14.9. The van der Waals surface area contributed by atoms with Crippen LogP contribution in [0.25, 0.3) is 0 Å². The van der Waals surface area contributed by atoms with Gasteiger partial charge in [-0.2, -0.15) is 0 Å². The van der Waals surface area contributed by atoms with Gasteiger partial charge in [-0.3, -0.25) is 4.79 Å². The van der Waals surface area contributed by atoms with Gasteiger partial charge in [-0.15, -0.1) is 0 Å². The average Bonchev–Trinajstić information content (AvgIpc) is 3.08. The molecule has 0 aromatic heterocycles. The zero-order valence-corrected chi connectivity index (χ0v) is 13.9. The molecule has 1 fully saturated rings. The second-order valence-electron chi connectivity index (χ2n) is 6.87. The van der Waals surface area contributed by atoms with Crippen LogP contribution in [0.3, 0.4) is 0 Å². The molecule has 0 radical (unpaired) electrons. The van der Waals surface area contributed by atoms with Gasteiger partial charge in [0.25, 0.3) is 0 Å². The Balaban J connectivity index is 1.63. The smallest absolute Gasteiger partial charge is 0.223 e. The van der Waals surface area contributed by atoms with E-state index < -0.39 is 0 Å². The maximum atomic E-state index is 12.6. The van der Waals surface area contributed by atoms with Gasteiger partial charge in [0.1, 0.15) is 11.5 Å². The fourth-order valence-corrected chi connectivity index (χ4v) is 3.70. The number of benzene rings is 1. The van der Waals surface area contributed by atoms with Gasteiger partial charge in [0.2, 0.25) is 5.91 Å². The number of amides is 1. The van der Waals surface area contributed by atoms with Crippen molar-refractivity contribution < 1.29 is 14.3 Å². The predicted octanol–water partition coefficient (Wildman–Crippen LogP) is 3.24. The summed E-state index contributed by atoms with van der Waals surface area (Å²) in [6.45, 7) is 4.33. The van der Waals surface area contributed by atoms with E-state index in [0.717, 1.165) is 63.2 Å². The number of carbonyl (C=O) groups excluding carboxylic acids is 1. The van der Waals surface area contributed by atoms with Gasteiger partial charge < -0.3 is 14.4 Å². The number of rotatable bonds is 6. The predicted molar refractivity (Wildman–Crippen MR) is 87.9 cm³/mol. The molecule has 4 nitrogen and oxygen atoms in total. The van der Waals surface area contributed by atoms with Crippen LogP contribution in [0.1, 0.15) is 55.7 Å². The Hall–Kier alpha value is -1.71. The Morgan fingerprint density at radius 1 is 1.26 bits per heavy atom. The molecule has 0 atom stereocenters. The van der Waals surface area contributed by atoms with Gasteiger partial charge in [-0.25, -0.2) is 0 Å². The number of nitrogens with zero attached hydrogens (tertiary/aromatic N) is 1. The highest BCUT2D eigenvalue weighted by atomic mass is 16.5. The molecule has 124 valence electrons. The topological polar surface area (TPSA) is 38.8 Å². The van der Waals surface area contributed by atoms with E-state index in [2.05, 4.69) is 17.9 Å². The van der Waals surface area contributed by atoms with E-state index in [4.69, 9.17) is 9.47 Å². The third kappa shape index (κ3) is 2.79. The fourth-order valence-electron chi connectivity index (χ4n) is 3.70. The molecule has 23 heavy (non-hydrogen) atoms. The second-order valence-corrected chi connectivity index (χ2v) is 6.87. The average molecular weight is 315 g/mol. The Kier molecular flexibility index (Phi) is 3.92. The third-order valence-corrected chi connectivity index (χ3v) is 5.14. The molecule has 1 aromatic carbocycles. The lowest BCUT2D eigenvalue weighted by molar-refractivity contribution is -0.132. The van der Waals surface area contributed by atoms with Crippen LogP contribution in [0, 0.1) is 0 Å². The molecular weight excluding hydrogens is 290 g/mol. The van der Waals surface area contributed by atoms with Crippen molar-refractivity contribution in [3.8, 4) is 11.5 Å². The standard InChI is InChI=1S/C19H25NO3/c1-2-3-4-18(21)20(14-5-6-14)12-16-15-8-10-22-17(15)11-13-7-9-23-19(13)16/h11,14H,2-10,12H2,1H3. The molecule has 1 amide bonds. The van der Waals surface area contributed by atoms with Crippen molar-refractivity contribution >= 4 is 5.91 Å². The van der Waals surface area contributed by atoms with Gasteiger partial charge in [0, 0.05) is 48.5 Å². The first-order valence-corrected chi connectivity index (χ1v) is 9.00. The summed E-state index contributed by atoms with van der Waals surface area (Å²) >= 11 is 0. The van der Waals surface area contributed by atoms with E-state index in [1.54, 1.807) is 0 Å². The van der Waals surface area contributed by atoms with Crippen LogP contribution in [-0.4, -0.2) is 30.1 Å². The minimum Gasteiger partial charge on any atom is -0.493 e. The molecule has 0 bridgehead atoms. The maximum Gasteiger partial charge on any atom is 0.223 e. The molecule has 2 aliphatic heterocycles. The summed E-state index contributed by atoms with van der Waals surface area (Å²) in [5.41, 5.74) is 3.72. The van der Waals surface area contributed by atoms with Crippen LogP contribution in [0.15, 0.2) is 6.07 Å². The van der Waals surface area contributed by atoms with Crippen molar-refractivity contribution in [1.29, 1.82) is 0 Å². The zero-order valence-electron chi connectivity index (χ0n) is 13.9. The molecule has 1 saturated carbocycles. The van der Waals surface area contributed by atoms with Crippen molar-refractivity contribution in [2.45, 2.75) is 64.5 Å². The SMILES string of the molecule is CCCCC(=O)N(Cc1c2c(cc3c1OCC3)OCC2)C1CC1. The summed E-state index contributed by atoms with van der Waals surface area (Å²) in [6, 6.07) is 2.59. The van der Waals surface area contributed by atoms with Crippen molar-refractivity contribution in [3.63, 3.8) is 0 Å². The molecule has 4 rings (SSSR count). The normalized spacial score (nSPS) is 18.1. The molecule has 1 aliphatic carbocycles. The van der Waals surface area contributed by atoms with Crippen LogP contribution >= 0.6 is 0 Å². The molecule has 2 heterocycles. The largest absolute Gasteiger partial charge is 0.493 e. The van der Waals surface area contributed by atoms with E-state index in [1.807, 2.05) is 0 Å². The highest BCUT2D eigenvalue weighted by molar-refractivity contribution is 5.77. The van der Waals surface area contributed by atoms with Crippen LogP contribution < -0.4 is 9.47 Å². The lowest BCUT2D eigenvalue weighted by atomic mass is 9.99. The number of hydrogen-bond acceptors (Lipinski definition) is 3. The monoisotopic (exact) mass is 315 g/mol. The number of carbonyl (C=O) groups is 1. The second kappa shape index (κ2) is 6.06. The van der Waals surface area contributed by atoms with E-state index in [1.165, 1.54) is 16.7 Å². The van der Waals surface area contributed by atoms with Crippen LogP contribution in [-0.2, 0) is 24.2 Å². The minimum absolute atomic E-state index is 0.303. The molecule has 0 spiro atoms. The molecular formula is C19H25NO3. The number of hydrogen-bond donors (Lipinski definition) is 0. The number of ether oxygens (including phenoxy) is 2. The van der Waals surface area contributed by atoms with Gasteiger partial charge in [-0.1, -0.05) is 13.3 Å². The van der Waals surface area contributed by atoms with Crippen molar-refractivity contribution in [3.05, 3.63) is 22.8 Å². The lowest BCUT2D eigenvalue weighted by Gasteiger charge is -2.25. The van der Waals surface area contributed by atoms with Crippen LogP contribution in [0.5, 0.6) is 11.5 Å². The van der Waals surface area contributed by atoms with Crippen LogP contribution in [0.4, 0.5) is 0 Å².